The number of carbonyl (C=O) groups excluding carboxylic acids is 2. The quantitative estimate of drug-likeness (QED) is 0.479. The van der Waals surface area contributed by atoms with Crippen LogP contribution in [0.3, 0.4) is 0 Å². The van der Waals surface area contributed by atoms with E-state index in [1.54, 1.807) is 48.4 Å². The zero-order valence-corrected chi connectivity index (χ0v) is 19.7. The maximum Gasteiger partial charge on any atom is 0.416 e. The minimum Gasteiger partial charge on any atom is -0.361 e. The van der Waals surface area contributed by atoms with Crippen LogP contribution in [0.1, 0.15) is 39.7 Å². The lowest BCUT2D eigenvalue weighted by Gasteiger charge is -2.25. The average molecular weight is 493 g/mol. The summed E-state index contributed by atoms with van der Waals surface area (Å²) in [5, 5.41) is 2.80. The molecule has 3 heterocycles. The maximum absolute atomic E-state index is 13.3. The minimum absolute atomic E-state index is 0.122. The number of rotatable bonds is 3. The number of fused-ring (bicyclic) bond motifs is 1. The van der Waals surface area contributed by atoms with Crippen LogP contribution < -0.4 is 5.32 Å². The molecule has 0 saturated carbocycles. The Balaban J connectivity index is 1.55. The number of hydrogen-bond donors (Lipinski definition) is 2. The van der Waals surface area contributed by atoms with E-state index in [4.69, 9.17) is 0 Å². The smallest absolute Gasteiger partial charge is 0.361 e. The van der Waals surface area contributed by atoms with E-state index in [1.165, 1.54) is 6.07 Å². The zero-order valence-electron chi connectivity index (χ0n) is 19.7. The molecule has 2 N–H and O–H groups in total. The predicted octanol–water partition coefficient (Wildman–Crippen LogP) is 5.42. The van der Waals surface area contributed by atoms with E-state index in [9.17, 15) is 22.8 Å². The van der Waals surface area contributed by atoms with Crippen molar-refractivity contribution >= 4 is 34.9 Å². The van der Waals surface area contributed by atoms with Gasteiger partial charge in [0.05, 0.1) is 29.8 Å². The van der Waals surface area contributed by atoms with Gasteiger partial charge >= 0.3 is 6.18 Å². The van der Waals surface area contributed by atoms with Gasteiger partial charge in [0.1, 0.15) is 0 Å². The van der Waals surface area contributed by atoms with E-state index >= 15 is 0 Å². The summed E-state index contributed by atoms with van der Waals surface area (Å²) < 4.78 is 40.0. The van der Waals surface area contributed by atoms with Crippen LogP contribution in [0.5, 0.6) is 0 Å². The molecule has 2 aliphatic rings. The highest BCUT2D eigenvalue weighted by Gasteiger charge is 2.32. The molecule has 0 atom stereocenters. The van der Waals surface area contributed by atoms with Crippen LogP contribution in [-0.4, -0.2) is 47.0 Å². The Labute approximate surface area is 205 Å². The first-order valence-corrected chi connectivity index (χ1v) is 11.4. The highest BCUT2D eigenvalue weighted by atomic mass is 19.4. The number of aromatic amines is 1. The topological polar surface area (TPSA) is 77.6 Å². The van der Waals surface area contributed by atoms with Gasteiger partial charge < -0.3 is 15.2 Å². The van der Waals surface area contributed by atoms with E-state index in [0.29, 0.717) is 64.4 Å². The van der Waals surface area contributed by atoms with Gasteiger partial charge in [0, 0.05) is 35.4 Å². The molecule has 0 spiro atoms. The summed E-state index contributed by atoms with van der Waals surface area (Å²) in [5.41, 5.74) is 4.11. The van der Waals surface area contributed by atoms with Crippen molar-refractivity contribution in [3.05, 3.63) is 76.6 Å². The van der Waals surface area contributed by atoms with Crippen molar-refractivity contribution < 1.29 is 22.8 Å². The summed E-state index contributed by atoms with van der Waals surface area (Å²) in [6.07, 6.45) is -1.21. The number of H-pyrrole nitrogens is 1. The van der Waals surface area contributed by atoms with Crippen LogP contribution in [0, 0.1) is 6.92 Å². The van der Waals surface area contributed by atoms with Gasteiger partial charge in [-0.1, -0.05) is 24.3 Å². The largest absolute Gasteiger partial charge is 0.416 e. The first kappa shape index (κ1) is 23.6. The fourth-order valence-electron chi connectivity index (χ4n) is 4.63. The Morgan fingerprint density at radius 3 is 2.67 bits per heavy atom. The van der Waals surface area contributed by atoms with Crippen LogP contribution in [0.25, 0.3) is 22.8 Å². The number of aliphatic imine (C=N–C) groups is 1. The second-order valence-electron chi connectivity index (χ2n) is 8.90. The first-order valence-electron chi connectivity index (χ1n) is 11.4. The number of halogens is 3. The SMILES string of the molecule is CC1=NCCN(C(=O)c2c[nH]c(/C=C3\C(=O)Nc4cccc(-c5cccc(C(F)(F)F)c5)c43)c2C)C1. The van der Waals surface area contributed by atoms with E-state index < -0.39 is 11.7 Å². The zero-order chi connectivity index (χ0) is 25.6. The third-order valence-corrected chi connectivity index (χ3v) is 6.49. The van der Waals surface area contributed by atoms with Gasteiger partial charge in [-0.25, -0.2) is 0 Å². The second-order valence-corrected chi connectivity index (χ2v) is 8.90. The van der Waals surface area contributed by atoms with Crippen molar-refractivity contribution in [1.29, 1.82) is 0 Å². The third kappa shape index (κ3) is 4.21. The molecule has 184 valence electrons. The standard InChI is InChI=1S/C27H23F3N4O2/c1-15-14-34(10-9-31-15)26(36)21-13-32-23(16(21)2)12-20-24-19(7-4-8-22(24)33-25(20)35)17-5-3-6-18(11-17)27(28,29)30/h3-8,11-13,32H,9-10,14H2,1-2H3,(H,33,35)/b20-12-. The van der Waals surface area contributed by atoms with Gasteiger partial charge in [0.15, 0.2) is 0 Å². The molecule has 2 amide bonds. The molecule has 5 rings (SSSR count). The first-order chi connectivity index (χ1) is 17.1. The van der Waals surface area contributed by atoms with Crippen molar-refractivity contribution in [1.82, 2.24) is 9.88 Å². The highest BCUT2D eigenvalue weighted by Crippen LogP contribution is 2.42. The number of alkyl halides is 3. The second kappa shape index (κ2) is 8.82. The molecule has 0 aliphatic carbocycles. The number of benzene rings is 2. The molecule has 9 heteroatoms. The summed E-state index contributed by atoms with van der Waals surface area (Å²) in [6.45, 7) is 5.25. The summed E-state index contributed by atoms with van der Waals surface area (Å²) >= 11 is 0. The van der Waals surface area contributed by atoms with E-state index in [1.807, 2.05) is 6.92 Å². The summed E-state index contributed by atoms with van der Waals surface area (Å²) in [6, 6.07) is 10.1. The predicted molar refractivity (Wildman–Crippen MR) is 133 cm³/mol. The molecule has 6 nitrogen and oxygen atoms in total. The summed E-state index contributed by atoms with van der Waals surface area (Å²) in [5.74, 6) is -0.488. The van der Waals surface area contributed by atoms with Crippen molar-refractivity contribution in [2.45, 2.75) is 20.0 Å². The summed E-state index contributed by atoms with van der Waals surface area (Å²) in [4.78, 5) is 35.2. The van der Waals surface area contributed by atoms with Crippen LogP contribution >= 0.6 is 0 Å². The Kier molecular flexibility index (Phi) is 5.78. The Bertz CT molecular complexity index is 1450. The van der Waals surface area contributed by atoms with Gasteiger partial charge in [0.2, 0.25) is 0 Å². The van der Waals surface area contributed by atoms with E-state index in [-0.39, 0.29) is 11.8 Å². The van der Waals surface area contributed by atoms with Crippen LogP contribution in [0.15, 0.2) is 53.7 Å². The minimum atomic E-state index is -4.48. The normalized spacial score (nSPS) is 16.7. The van der Waals surface area contributed by atoms with Crippen molar-refractivity contribution in [3.8, 4) is 11.1 Å². The number of nitrogens with zero attached hydrogens (tertiary/aromatic N) is 2. The van der Waals surface area contributed by atoms with Crippen molar-refractivity contribution in [2.24, 2.45) is 4.99 Å². The molecule has 0 saturated heterocycles. The van der Waals surface area contributed by atoms with Crippen molar-refractivity contribution in [3.63, 3.8) is 0 Å². The number of anilines is 1. The number of aromatic nitrogens is 1. The summed E-state index contributed by atoms with van der Waals surface area (Å²) in [7, 11) is 0. The molecule has 0 radical (unpaired) electrons. The highest BCUT2D eigenvalue weighted by molar-refractivity contribution is 6.36. The molecule has 2 aromatic carbocycles. The lowest BCUT2D eigenvalue weighted by molar-refractivity contribution is -0.137. The van der Waals surface area contributed by atoms with Crippen LogP contribution in [-0.2, 0) is 11.0 Å². The molecule has 0 fully saturated rings. The van der Waals surface area contributed by atoms with Gasteiger partial charge in [-0.05, 0) is 54.8 Å². The van der Waals surface area contributed by atoms with Crippen LogP contribution in [0.2, 0.25) is 0 Å². The molecular weight excluding hydrogens is 469 g/mol. The van der Waals surface area contributed by atoms with E-state index in [2.05, 4.69) is 15.3 Å². The molecule has 0 unspecified atom stereocenters. The van der Waals surface area contributed by atoms with Gasteiger partial charge in [0.25, 0.3) is 11.8 Å². The molecule has 2 aliphatic heterocycles. The van der Waals surface area contributed by atoms with Crippen molar-refractivity contribution in [2.75, 3.05) is 25.0 Å². The number of carbonyl (C=O) groups is 2. The Hall–Kier alpha value is -4.14. The van der Waals surface area contributed by atoms with Gasteiger partial charge in [-0.3, -0.25) is 14.6 Å². The number of hydrogen-bond acceptors (Lipinski definition) is 3. The van der Waals surface area contributed by atoms with Gasteiger partial charge in [-0.15, -0.1) is 0 Å². The molecular formula is C27H23F3N4O2. The maximum atomic E-state index is 13.3. The van der Waals surface area contributed by atoms with Gasteiger partial charge in [-0.2, -0.15) is 13.2 Å². The number of amides is 2. The van der Waals surface area contributed by atoms with Crippen LogP contribution in [0.4, 0.5) is 18.9 Å². The molecule has 1 aromatic heterocycles. The van der Waals surface area contributed by atoms with E-state index in [0.717, 1.165) is 17.8 Å². The lowest BCUT2D eigenvalue weighted by Crippen LogP contribution is -2.40. The monoisotopic (exact) mass is 492 g/mol. The third-order valence-electron chi connectivity index (χ3n) is 6.49. The Morgan fingerprint density at radius 1 is 1.14 bits per heavy atom. The lowest BCUT2D eigenvalue weighted by atomic mass is 9.93. The molecule has 36 heavy (non-hydrogen) atoms. The molecule has 0 bridgehead atoms. The fraction of sp³-hybridized carbons (Fsp3) is 0.222. The Morgan fingerprint density at radius 2 is 1.92 bits per heavy atom. The number of nitrogens with one attached hydrogen (secondary N) is 2. The molecule has 3 aromatic rings. The average Bonchev–Trinajstić information content (AvgIpc) is 3.37. The fourth-order valence-corrected chi connectivity index (χ4v) is 4.63.